The number of halogens is 3. The molecule has 3 aromatic heterocycles. The average Bonchev–Trinajstić information content (AvgIpc) is 3.41. The number of carbonyl (C=O) groups is 1. The third-order valence-corrected chi connectivity index (χ3v) is 6.27. The van der Waals surface area contributed by atoms with Crippen LogP contribution in [0, 0.1) is 0 Å². The van der Waals surface area contributed by atoms with Gasteiger partial charge in [0.15, 0.2) is 5.65 Å². The normalized spacial score (nSPS) is 13.7. The summed E-state index contributed by atoms with van der Waals surface area (Å²) in [7, 11) is 1.81. The third kappa shape index (κ3) is 3.89. The van der Waals surface area contributed by atoms with Gasteiger partial charge in [-0.25, -0.2) is 4.98 Å². The molecular weight excluding hydrogens is 471 g/mol. The predicted molar refractivity (Wildman–Crippen MR) is 129 cm³/mol. The van der Waals surface area contributed by atoms with Crippen LogP contribution in [0.1, 0.15) is 28.5 Å². The van der Waals surface area contributed by atoms with E-state index in [9.17, 15) is 23.1 Å². The largest absolute Gasteiger partial charge is 0.416 e. The van der Waals surface area contributed by atoms with Crippen molar-refractivity contribution in [2.45, 2.75) is 18.6 Å². The smallest absolute Gasteiger partial charge is 0.394 e. The summed E-state index contributed by atoms with van der Waals surface area (Å²) >= 11 is 0. The highest BCUT2D eigenvalue weighted by Gasteiger charge is 2.31. The number of aryl methyl sites for hydroxylation is 1. The van der Waals surface area contributed by atoms with Gasteiger partial charge in [-0.15, -0.1) is 0 Å². The molecule has 0 bridgehead atoms. The van der Waals surface area contributed by atoms with Gasteiger partial charge < -0.3 is 15.0 Å². The number of nitrogens with one attached hydrogen (secondary N) is 1. The standard InChI is InChI=1S/C26H22F3N5O2/c1-25(14-35,21-5-3-4-12-30-21)32-24(36)16-6-11-20-19(13-16)22-23(31-15-33(22)2)34(20)18-9-7-17(8-10-18)26(27,28)29/h3-13,15,35H,14H2,1-2H3,(H,32,36)/t25-/m0/s1. The molecule has 2 aromatic carbocycles. The van der Waals surface area contributed by atoms with Crippen molar-refractivity contribution in [3.63, 3.8) is 0 Å². The molecule has 184 valence electrons. The molecule has 1 amide bonds. The zero-order valence-electron chi connectivity index (χ0n) is 19.4. The first-order valence-electron chi connectivity index (χ1n) is 11.1. The average molecular weight is 493 g/mol. The topological polar surface area (TPSA) is 85.0 Å². The Kier molecular flexibility index (Phi) is 5.55. The van der Waals surface area contributed by atoms with Gasteiger partial charge in [-0.3, -0.25) is 14.3 Å². The van der Waals surface area contributed by atoms with Gasteiger partial charge in [0.2, 0.25) is 0 Å². The number of hydrogen-bond acceptors (Lipinski definition) is 4. The van der Waals surface area contributed by atoms with Gasteiger partial charge in [-0.1, -0.05) is 6.07 Å². The van der Waals surface area contributed by atoms with Crippen molar-refractivity contribution in [2.24, 2.45) is 7.05 Å². The fourth-order valence-corrected chi connectivity index (χ4v) is 4.33. The van der Waals surface area contributed by atoms with Crippen LogP contribution in [0.5, 0.6) is 0 Å². The van der Waals surface area contributed by atoms with Crippen molar-refractivity contribution in [2.75, 3.05) is 6.61 Å². The molecule has 0 radical (unpaired) electrons. The van der Waals surface area contributed by atoms with Crippen LogP contribution >= 0.6 is 0 Å². The number of hydrogen-bond donors (Lipinski definition) is 2. The van der Waals surface area contributed by atoms with Crippen molar-refractivity contribution in [3.05, 3.63) is 90.0 Å². The van der Waals surface area contributed by atoms with E-state index in [2.05, 4.69) is 15.3 Å². The summed E-state index contributed by atoms with van der Waals surface area (Å²) in [5, 5.41) is 13.6. The van der Waals surface area contributed by atoms with Gasteiger partial charge in [-0.2, -0.15) is 13.2 Å². The summed E-state index contributed by atoms with van der Waals surface area (Å²) in [6.45, 7) is 1.33. The van der Waals surface area contributed by atoms with E-state index >= 15 is 0 Å². The van der Waals surface area contributed by atoms with Crippen molar-refractivity contribution in [1.29, 1.82) is 0 Å². The zero-order valence-corrected chi connectivity index (χ0v) is 19.4. The number of aliphatic hydroxyl groups is 1. The summed E-state index contributed by atoms with van der Waals surface area (Å²) < 4.78 is 42.7. The molecule has 7 nitrogen and oxygen atoms in total. The number of benzene rings is 2. The molecule has 0 aliphatic heterocycles. The molecule has 0 aliphatic rings. The Balaban J connectivity index is 1.58. The van der Waals surface area contributed by atoms with E-state index in [4.69, 9.17) is 0 Å². The molecule has 5 aromatic rings. The second-order valence-corrected chi connectivity index (χ2v) is 8.80. The second-order valence-electron chi connectivity index (χ2n) is 8.80. The van der Waals surface area contributed by atoms with Crippen LogP contribution < -0.4 is 5.32 Å². The van der Waals surface area contributed by atoms with Crippen molar-refractivity contribution < 1.29 is 23.1 Å². The molecule has 10 heteroatoms. The molecule has 36 heavy (non-hydrogen) atoms. The minimum atomic E-state index is -4.43. The highest BCUT2D eigenvalue weighted by Crippen LogP contribution is 2.34. The van der Waals surface area contributed by atoms with Crippen LogP contribution in [0.15, 0.2) is 73.2 Å². The second kappa shape index (κ2) is 8.49. The lowest BCUT2D eigenvalue weighted by Crippen LogP contribution is -2.46. The first-order chi connectivity index (χ1) is 17.1. The number of imidazole rings is 1. The Morgan fingerprint density at radius 2 is 1.81 bits per heavy atom. The molecule has 0 unspecified atom stereocenters. The summed E-state index contributed by atoms with van der Waals surface area (Å²) in [5.41, 5.74) is 1.53. The minimum Gasteiger partial charge on any atom is -0.394 e. The first-order valence-corrected chi connectivity index (χ1v) is 11.1. The maximum Gasteiger partial charge on any atom is 0.416 e. The van der Waals surface area contributed by atoms with E-state index in [0.717, 1.165) is 17.6 Å². The van der Waals surface area contributed by atoms with Gasteiger partial charge in [-0.05, 0) is 61.5 Å². The summed E-state index contributed by atoms with van der Waals surface area (Å²) in [6.07, 6.45) is -1.23. The fourth-order valence-electron chi connectivity index (χ4n) is 4.33. The van der Waals surface area contributed by atoms with E-state index in [1.54, 1.807) is 65.0 Å². The molecule has 3 heterocycles. The van der Waals surface area contributed by atoms with Crippen LogP contribution in [-0.4, -0.2) is 36.7 Å². The molecule has 5 rings (SSSR count). The minimum absolute atomic E-state index is 0.353. The van der Waals surface area contributed by atoms with Crippen molar-refractivity contribution in [3.8, 4) is 5.69 Å². The molecule has 0 fully saturated rings. The number of carbonyl (C=O) groups excluding carboxylic acids is 1. The number of nitrogens with zero attached hydrogens (tertiary/aromatic N) is 4. The number of rotatable bonds is 5. The lowest BCUT2D eigenvalue weighted by molar-refractivity contribution is -0.137. The Labute approximate surface area is 203 Å². The maximum absolute atomic E-state index is 13.2. The number of aromatic nitrogens is 4. The van der Waals surface area contributed by atoms with Gasteiger partial charge in [0, 0.05) is 29.9 Å². The fraction of sp³-hybridized carbons (Fsp3) is 0.192. The van der Waals surface area contributed by atoms with Crippen molar-refractivity contribution in [1.82, 2.24) is 24.4 Å². The maximum atomic E-state index is 13.2. The van der Waals surface area contributed by atoms with E-state index in [1.807, 2.05) is 7.05 Å². The molecule has 1 atom stereocenters. The monoisotopic (exact) mass is 493 g/mol. The molecule has 0 spiro atoms. The summed E-state index contributed by atoms with van der Waals surface area (Å²) in [6, 6.07) is 15.2. The number of aliphatic hydroxyl groups excluding tert-OH is 1. The van der Waals surface area contributed by atoms with Gasteiger partial charge >= 0.3 is 6.18 Å². The number of fused-ring (bicyclic) bond motifs is 3. The summed E-state index contributed by atoms with van der Waals surface area (Å²) in [4.78, 5) is 21.9. The highest BCUT2D eigenvalue weighted by molar-refractivity contribution is 6.09. The highest BCUT2D eigenvalue weighted by atomic mass is 19.4. The number of pyridine rings is 1. The van der Waals surface area contributed by atoms with Crippen LogP contribution in [0.4, 0.5) is 13.2 Å². The lowest BCUT2D eigenvalue weighted by atomic mass is 9.97. The Morgan fingerprint density at radius 3 is 2.44 bits per heavy atom. The predicted octanol–water partition coefficient (Wildman–Crippen LogP) is 4.57. The number of alkyl halides is 3. The van der Waals surface area contributed by atoms with E-state index in [0.29, 0.717) is 33.5 Å². The SMILES string of the molecule is Cn1cnc2c1c1cc(C(=O)N[C@@](C)(CO)c3ccccn3)ccc1n2-c1ccc(C(F)(F)F)cc1. The van der Waals surface area contributed by atoms with E-state index in [-0.39, 0.29) is 6.61 Å². The molecule has 0 aliphatic carbocycles. The van der Waals surface area contributed by atoms with Gasteiger partial charge in [0.25, 0.3) is 5.91 Å². The number of amides is 1. The lowest BCUT2D eigenvalue weighted by Gasteiger charge is -2.28. The zero-order chi connectivity index (χ0) is 25.7. The quantitative estimate of drug-likeness (QED) is 0.376. The Hall–Kier alpha value is -4.18. The van der Waals surface area contributed by atoms with E-state index < -0.39 is 23.2 Å². The van der Waals surface area contributed by atoms with Crippen LogP contribution in [0.2, 0.25) is 0 Å². The van der Waals surface area contributed by atoms with E-state index in [1.165, 1.54) is 12.1 Å². The first kappa shape index (κ1) is 23.6. The Morgan fingerprint density at radius 1 is 1.06 bits per heavy atom. The molecular formula is C26H22F3N5O2. The molecule has 0 saturated carbocycles. The van der Waals surface area contributed by atoms with Crippen LogP contribution in [0.25, 0.3) is 27.8 Å². The van der Waals surface area contributed by atoms with Gasteiger partial charge in [0.1, 0.15) is 5.54 Å². The van der Waals surface area contributed by atoms with Crippen LogP contribution in [0.3, 0.4) is 0 Å². The molecule has 2 N–H and O–H groups in total. The molecule has 0 saturated heterocycles. The van der Waals surface area contributed by atoms with Crippen molar-refractivity contribution >= 4 is 28.0 Å². The third-order valence-electron chi connectivity index (χ3n) is 6.27. The van der Waals surface area contributed by atoms with Gasteiger partial charge in [0.05, 0.1) is 35.2 Å². The summed E-state index contributed by atoms with van der Waals surface area (Å²) in [5.74, 6) is -0.406. The Bertz CT molecular complexity index is 1570. The van der Waals surface area contributed by atoms with Crippen LogP contribution in [-0.2, 0) is 18.8 Å².